The summed E-state index contributed by atoms with van der Waals surface area (Å²) in [5, 5.41) is 11.1. The van der Waals surface area contributed by atoms with Crippen LogP contribution >= 0.6 is 43.2 Å². The average molecular weight is 418 g/mol. The number of aliphatic hydroxyl groups is 1. The quantitative estimate of drug-likeness (QED) is 0.697. The van der Waals surface area contributed by atoms with E-state index in [0.29, 0.717) is 12.4 Å². The molecule has 0 saturated heterocycles. The highest BCUT2D eigenvalue weighted by Gasteiger charge is 2.10. The maximum Gasteiger partial charge on any atom is 0.193 e. The number of halogens is 2. The Kier molecular flexibility index (Phi) is 4.11. The number of hydrogen-bond donors (Lipinski definition) is 1. The molecule has 0 fully saturated rings. The topological polar surface area (TPSA) is 46.8 Å². The molecule has 7 heteroatoms. The second-order valence-corrected chi connectivity index (χ2v) is 6.74. The molecule has 0 unspecified atom stereocenters. The fraction of sp³-hybridized carbons (Fsp3) is 0.154. The van der Waals surface area contributed by atoms with Crippen molar-refractivity contribution in [2.24, 2.45) is 0 Å². The van der Waals surface area contributed by atoms with Gasteiger partial charge >= 0.3 is 0 Å². The molecule has 1 N–H and O–H groups in total. The number of aromatic nitrogens is 2. The van der Waals surface area contributed by atoms with Crippen LogP contribution in [0, 0.1) is 0 Å². The number of fused-ring (bicyclic) bond motifs is 1. The lowest BCUT2D eigenvalue weighted by atomic mass is 10.2. The zero-order chi connectivity index (χ0) is 14.1. The van der Waals surface area contributed by atoms with Crippen molar-refractivity contribution in [3.8, 4) is 5.75 Å². The summed E-state index contributed by atoms with van der Waals surface area (Å²) < 4.78 is 9.39. The average Bonchev–Trinajstić information content (AvgIpc) is 2.98. The van der Waals surface area contributed by atoms with E-state index in [1.54, 1.807) is 11.3 Å². The van der Waals surface area contributed by atoms with Crippen LogP contribution in [0.15, 0.2) is 38.9 Å². The lowest BCUT2D eigenvalue weighted by Gasteiger charge is -2.10. The van der Waals surface area contributed by atoms with E-state index in [2.05, 4.69) is 36.8 Å². The van der Waals surface area contributed by atoms with E-state index in [0.717, 1.165) is 25.2 Å². The van der Waals surface area contributed by atoms with Crippen molar-refractivity contribution in [1.82, 2.24) is 9.38 Å². The maximum absolute atomic E-state index is 9.15. The number of aliphatic hydroxyl groups excluding tert-OH is 1. The minimum atomic E-state index is -0.00515. The molecule has 0 radical (unpaired) electrons. The van der Waals surface area contributed by atoms with Gasteiger partial charge in [0.15, 0.2) is 4.96 Å². The zero-order valence-electron chi connectivity index (χ0n) is 10.2. The van der Waals surface area contributed by atoms with Gasteiger partial charge in [-0.1, -0.05) is 0 Å². The van der Waals surface area contributed by atoms with Crippen molar-refractivity contribution in [2.75, 3.05) is 0 Å². The molecule has 0 saturated carbocycles. The van der Waals surface area contributed by atoms with Crippen molar-refractivity contribution in [3.63, 3.8) is 0 Å². The fourth-order valence-corrected chi connectivity index (χ4v) is 4.06. The highest BCUT2D eigenvalue weighted by atomic mass is 79.9. The molecular formula is C13H10Br2N2O2S. The Morgan fingerprint density at radius 1 is 1.30 bits per heavy atom. The van der Waals surface area contributed by atoms with E-state index in [1.165, 1.54) is 0 Å². The van der Waals surface area contributed by atoms with E-state index in [9.17, 15) is 0 Å². The van der Waals surface area contributed by atoms with Gasteiger partial charge in [-0.2, -0.15) is 0 Å². The molecular weight excluding hydrogens is 408 g/mol. The van der Waals surface area contributed by atoms with Crippen LogP contribution in [-0.2, 0) is 13.2 Å². The van der Waals surface area contributed by atoms with Crippen LogP contribution in [0.4, 0.5) is 0 Å². The smallest absolute Gasteiger partial charge is 0.193 e. The molecule has 2 aromatic heterocycles. The fourth-order valence-electron chi connectivity index (χ4n) is 1.83. The molecule has 20 heavy (non-hydrogen) atoms. The number of ether oxygens (including phenoxy) is 1. The zero-order valence-corrected chi connectivity index (χ0v) is 14.2. The Morgan fingerprint density at radius 2 is 2.05 bits per heavy atom. The second-order valence-electron chi connectivity index (χ2n) is 4.16. The third-order valence-electron chi connectivity index (χ3n) is 2.75. The van der Waals surface area contributed by atoms with Crippen LogP contribution in [0.5, 0.6) is 5.75 Å². The van der Waals surface area contributed by atoms with E-state index in [1.807, 2.05) is 34.3 Å². The summed E-state index contributed by atoms with van der Waals surface area (Å²) in [4.78, 5) is 5.42. The Bertz CT molecular complexity index is 702. The molecule has 0 amide bonds. The summed E-state index contributed by atoms with van der Waals surface area (Å²) in [5.41, 5.74) is 1.69. The molecule has 2 heterocycles. The Morgan fingerprint density at radius 3 is 2.70 bits per heavy atom. The lowest BCUT2D eigenvalue weighted by molar-refractivity contribution is 0.279. The second kappa shape index (κ2) is 5.85. The molecule has 1 aromatic carbocycles. The highest BCUT2D eigenvalue weighted by Crippen LogP contribution is 2.35. The standard InChI is InChI=1S/C13H10Br2N2O2S/c14-10-3-8(6-18)4-11(15)12(10)19-7-9-5-17-1-2-20-13(17)16-9/h1-5,18H,6-7H2. The monoisotopic (exact) mass is 416 g/mol. The first-order chi connectivity index (χ1) is 9.67. The minimum absolute atomic E-state index is 0.00515. The van der Waals surface area contributed by atoms with Crippen LogP contribution in [0.2, 0.25) is 0 Å². The first-order valence-corrected chi connectivity index (χ1v) is 8.26. The van der Waals surface area contributed by atoms with E-state index < -0.39 is 0 Å². The third kappa shape index (κ3) is 2.76. The van der Waals surface area contributed by atoms with E-state index >= 15 is 0 Å². The summed E-state index contributed by atoms with van der Waals surface area (Å²) in [5.74, 6) is 0.707. The van der Waals surface area contributed by atoms with Gasteiger partial charge in [0.25, 0.3) is 0 Å². The summed E-state index contributed by atoms with van der Waals surface area (Å²) in [6.45, 7) is 0.388. The predicted molar refractivity (Wildman–Crippen MR) is 85.2 cm³/mol. The molecule has 104 valence electrons. The van der Waals surface area contributed by atoms with Crippen molar-refractivity contribution < 1.29 is 9.84 Å². The molecule has 3 aromatic rings. The van der Waals surface area contributed by atoms with Crippen molar-refractivity contribution in [1.29, 1.82) is 0 Å². The van der Waals surface area contributed by atoms with Gasteiger partial charge in [-0.3, -0.25) is 4.40 Å². The first-order valence-electron chi connectivity index (χ1n) is 5.80. The molecule has 0 atom stereocenters. The Balaban J connectivity index is 1.79. The number of rotatable bonds is 4. The maximum atomic E-state index is 9.15. The van der Waals surface area contributed by atoms with E-state index in [-0.39, 0.29) is 6.61 Å². The number of benzene rings is 1. The van der Waals surface area contributed by atoms with Gasteiger partial charge in [-0.05, 0) is 49.6 Å². The molecule has 0 aliphatic rings. The van der Waals surface area contributed by atoms with Crippen molar-refractivity contribution >= 4 is 48.2 Å². The SMILES string of the molecule is OCc1cc(Br)c(OCc2cn3ccsc3n2)c(Br)c1. The van der Waals surface area contributed by atoms with Crippen molar-refractivity contribution in [2.45, 2.75) is 13.2 Å². The van der Waals surface area contributed by atoms with Crippen molar-refractivity contribution in [3.05, 3.63) is 50.1 Å². The van der Waals surface area contributed by atoms with Gasteiger partial charge in [0.2, 0.25) is 0 Å². The third-order valence-corrected chi connectivity index (χ3v) is 4.70. The summed E-state index contributed by atoms with van der Waals surface area (Å²) in [6, 6.07) is 3.68. The summed E-state index contributed by atoms with van der Waals surface area (Å²) >= 11 is 8.49. The molecule has 0 aliphatic carbocycles. The normalized spacial score (nSPS) is 11.2. The minimum Gasteiger partial charge on any atom is -0.485 e. The van der Waals surface area contributed by atoms with Gasteiger partial charge in [-0.15, -0.1) is 11.3 Å². The molecule has 0 aliphatic heterocycles. The number of thiazole rings is 1. The van der Waals surface area contributed by atoms with Gasteiger partial charge in [0, 0.05) is 17.8 Å². The molecule has 4 nitrogen and oxygen atoms in total. The van der Waals surface area contributed by atoms with Crippen LogP contribution < -0.4 is 4.74 Å². The molecule has 0 bridgehead atoms. The predicted octanol–water partition coefficient (Wildman–Crippen LogP) is 3.99. The number of hydrogen-bond acceptors (Lipinski definition) is 4. The lowest BCUT2D eigenvalue weighted by Crippen LogP contribution is -1.98. The number of imidazole rings is 1. The molecule has 0 spiro atoms. The highest BCUT2D eigenvalue weighted by molar-refractivity contribution is 9.11. The van der Waals surface area contributed by atoms with Gasteiger partial charge < -0.3 is 9.84 Å². The number of nitrogens with zero attached hydrogens (tertiary/aromatic N) is 2. The Labute approximate surface area is 136 Å². The van der Waals surface area contributed by atoms with E-state index in [4.69, 9.17) is 9.84 Å². The van der Waals surface area contributed by atoms with Crippen LogP contribution in [0.25, 0.3) is 4.96 Å². The summed E-state index contributed by atoms with van der Waals surface area (Å²) in [6.07, 6.45) is 3.92. The molecule has 3 rings (SSSR count). The largest absolute Gasteiger partial charge is 0.485 e. The first kappa shape index (κ1) is 14.1. The Hall–Kier alpha value is -0.890. The van der Waals surface area contributed by atoms with Gasteiger partial charge in [-0.25, -0.2) is 4.98 Å². The van der Waals surface area contributed by atoms with Gasteiger partial charge in [0.1, 0.15) is 12.4 Å². The van der Waals surface area contributed by atoms with Gasteiger partial charge in [0.05, 0.1) is 21.2 Å². The van der Waals surface area contributed by atoms with Crippen LogP contribution in [-0.4, -0.2) is 14.5 Å². The summed E-state index contributed by atoms with van der Waals surface area (Å²) in [7, 11) is 0. The van der Waals surface area contributed by atoms with Crippen LogP contribution in [0.1, 0.15) is 11.3 Å². The van der Waals surface area contributed by atoms with Crippen LogP contribution in [0.3, 0.4) is 0 Å².